The van der Waals surface area contributed by atoms with E-state index in [0.717, 1.165) is 6.20 Å². The molecule has 1 aromatic carbocycles. The van der Waals surface area contributed by atoms with E-state index in [2.05, 4.69) is 4.98 Å². The van der Waals surface area contributed by atoms with E-state index in [0.29, 0.717) is 11.3 Å². The highest BCUT2D eigenvalue weighted by atomic mass is 32.2. The molecule has 0 unspecified atom stereocenters. The Balaban J connectivity index is 1.92. The van der Waals surface area contributed by atoms with Gasteiger partial charge in [-0.3, -0.25) is 4.72 Å². The summed E-state index contributed by atoms with van der Waals surface area (Å²) in [6, 6.07) is 2.78. The van der Waals surface area contributed by atoms with Crippen molar-refractivity contribution >= 4 is 15.7 Å². The Morgan fingerprint density at radius 2 is 1.81 bits per heavy atom. The monoisotopic (exact) mass is 392 g/mol. The summed E-state index contributed by atoms with van der Waals surface area (Å²) in [6.45, 7) is 0. The Kier molecular flexibility index (Phi) is 4.26. The second kappa shape index (κ2) is 6.16. The van der Waals surface area contributed by atoms with Gasteiger partial charge in [-0.1, -0.05) is 0 Å². The fraction of sp³-hybridized carbons (Fsp3) is 0.0667. The van der Waals surface area contributed by atoms with Gasteiger partial charge < -0.3 is 9.40 Å². The predicted octanol–water partition coefficient (Wildman–Crippen LogP) is 4.37. The quantitative estimate of drug-likeness (QED) is 0.648. The topological polar surface area (TPSA) is 75.1 Å². The maximum Gasteiger partial charge on any atom is 0.419 e. The Labute approximate surface area is 143 Å². The van der Waals surface area contributed by atoms with Crippen LogP contribution in [-0.4, -0.2) is 13.4 Å². The molecule has 0 radical (unpaired) electrons. The molecule has 26 heavy (non-hydrogen) atoms. The number of anilines is 1. The van der Waals surface area contributed by atoms with Crippen LogP contribution in [0.15, 0.2) is 52.3 Å². The van der Waals surface area contributed by atoms with E-state index in [1.165, 1.54) is 18.6 Å². The minimum Gasteiger partial charge on any atom is -0.472 e. The first-order valence-corrected chi connectivity index (χ1v) is 8.36. The molecular formula is C15H9F5N2O3S. The summed E-state index contributed by atoms with van der Waals surface area (Å²) in [6.07, 6.45) is -1.31. The van der Waals surface area contributed by atoms with Crippen molar-refractivity contribution in [3.63, 3.8) is 0 Å². The minimum atomic E-state index is -5.11. The number of aromatic amines is 1. The first-order chi connectivity index (χ1) is 12.1. The second-order valence-electron chi connectivity index (χ2n) is 5.18. The molecule has 11 heteroatoms. The maximum atomic E-state index is 13.8. The number of alkyl halides is 3. The molecule has 0 atom stereocenters. The third kappa shape index (κ3) is 3.43. The van der Waals surface area contributed by atoms with E-state index in [1.54, 1.807) is 10.8 Å². The Morgan fingerprint density at radius 1 is 1.08 bits per heavy atom. The van der Waals surface area contributed by atoms with Gasteiger partial charge in [-0.05, 0) is 18.2 Å². The van der Waals surface area contributed by atoms with Crippen LogP contribution in [0.1, 0.15) is 5.56 Å². The van der Waals surface area contributed by atoms with Crippen molar-refractivity contribution in [2.24, 2.45) is 0 Å². The van der Waals surface area contributed by atoms with E-state index < -0.39 is 39.1 Å². The lowest BCUT2D eigenvalue weighted by Gasteiger charge is -2.12. The molecule has 5 nitrogen and oxygen atoms in total. The molecular weight excluding hydrogens is 383 g/mol. The molecule has 0 bridgehead atoms. The highest BCUT2D eigenvalue weighted by Crippen LogP contribution is 2.34. The Bertz CT molecular complexity index is 1040. The second-order valence-corrected chi connectivity index (χ2v) is 6.86. The molecule has 0 aliphatic heterocycles. The minimum absolute atomic E-state index is 0.110. The molecule has 0 saturated carbocycles. The van der Waals surface area contributed by atoms with Crippen molar-refractivity contribution in [2.45, 2.75) is 11.1 Å². The Hall–Kier alpha value is -2.82. The zero-order valence-electron chi connectivity index (χ0n) is 12.6. The Morgan fingerprint density at radius 3 is 2.42 bits per heavy atom. The van der Waals surface area contributed by atoms with Crippen LogP contribution in [0.2, 0.25) is 0 Å². The van der Waals surface area contributed by atoms with Crippen LogP contribution >= 0.6 is 0 Å². The number of nitrogens with one attached hydrogen (secondary N) is 2. The number of aromatic nitrogens is 1. The molecule has 3 rings (SSSR count). The fourth-order valence-corrected chi connectivity index (χ4v) is 3.21. The molecule has 2 heterocycles. The first kappa shape index (κ1) is 18.0. The van der Waals surface area contributed by atoms with E-state index in [9.17, 15) is 30.4 Å². The summed E-state index contributed by atoms with van der Waals surface area (Å²) in [5.74, 6) is -3.36. The van der Waals surface area contributed by atoms with Gasteiger partial charge in [0.25, 0.3) is 10.0 Å². The molecule has 0 spiro atoms. The average molecular weight is 392 g/mol. The lowest BCUT2D eigenvalue weighted by Crippen LogP contribution is -2.15. The van der Waals surface area contributed by atoms with Crippen molar-refractivity contribution in [3.8, 4) is 11.3 Å². The molecule has 2 N–H and O–H groups in total. The number of hydrogen-bond acceptors (Lipinski definition) is 3. The van der Waals surface area contributed by atoms with Gasteiger partial charge in [-0.25, -0.2) is 17.2 Å². The summed E-state index contributed by atoms with van der Waals surface area (Å²) < 4.78 is 96.1. The fourth-order valence-electron chi connectivity index (χ4n) is 2.16. The highest BCUT2D eigenvalue weighted by molar-refractivity contribution is 7.92. The molecule has 0 amide bonds. The number of sulfonamides is 1. The summed E-state index contributed by atoms with van der Waals surface area (Å²) in [5.41, 5.74) is -1.86. The average Bonchev–Trinajstić information content (AvgIpc) is 3.19. The smallest absolute Gasteiger partial charge is 0.419 e. The first-order valence-electron chi connectivity index (χ1n) is 6.88. The SMILES string of the molecule is O=S(=O)(Nc1cc(F)c(C(F)(F)F)cc1F)c1c[nH]c(-c2ccoc2)c1. The van der Waals surface area contributed by atoms with Crippen molar-refractivity contribution < 1.29 is 34.8 Å². The summed E-state index contributed by atoms with van der Waals surface area (Å²) in [5, 5.41) is 0. The maximum absolute atomic E-state index is 13.8. The number of rotatable bonds is 4. The van der Waals surface area contributed by atoms with Crippen LogP contribution in [0.25, 0.3) is 11.3 Å². The van der Waals surface area contributed by atoms with Crippen LogP contribution in [0.3, 0.4) is 0 Å². The highest BCUT2D eigenvalue weighted by Gasteiger charge is 2.35. The normalized spacial score (nSPS) is 12.3. The number of benzene rings is 1. The van der Waals surface area contributed by atoms with Crippen LogP contribution in [-0.2, 0) is 16.2 Å². The number of halogens is 5. The van der Waals surface area contributed by atoms with Gasteiger partial charge >= 0.3 is 6.18 Å². The largest absolute Gasteiger partial charge is 0.472 e. The van der Waals surface area contributed by atoms with Crippen molar-refractivity contribution in [1.29, 1.82) is 0 Å². The molecule has 0 aliphatic carbocycles. The number of hydrogen-bond donors (Lipinski definition) is 2. The molecule has 3 aromatic rings. The van der Waals surface area contributed by atoms with Crippen LogP contribution in [0.5, 0.6) is 0 Å². The van der Waals surface area contributed by atoms with E-state index in [4.69, 9.17) is 4.42 Å². The third-order valence-corrected chi connectivity index (χ3v) is 4.75. The molecule has 0 aliphatic rings. The van der Waals surface area contributed by atoms with Crippen LogP contribution in [0, 0.1) is 11.6 Å². The summed E-state index contributed by atoms with van der Waals surface area (Å²) in [7, 11) is -4.37. The van der Waals surface area contributed by atoms with Crippen molar-refractivity contribution in [3.05, 3.63) is 60.2 Å². The molecule has 0 fully saturated rings. The number of H-pyrrole nitrogens is 1. The van der Waals surface area contributed by atoms with Gasteiger partial charge in [-0.2, -0.15) is 13.2 Å². The van der Waals surface area contributed by atoms with Gasteiger partial charge in [0.15, 0.2) is 0 Å². The van der Waals surface area contributed by atoms with Crippen molar-refractivity contribution in [2.75, 3.05) is 4.72 Å². The van der Waals surface area contributed by atoms with Gasteiger partial charge in [0.05, 0.1) is 29.5 Å². The lowest BCUT2D eigenvalue weighted by molar-refractivity contribution is -0.140. The molecule has 138 valence electrons. The number of furan rings is 1. The van der Waals surface area contributed by atoms with Gasteiger partial charge in [0, 0.05) is 17.8 Å². The molecule has 0 saturated heterocycles. The van der Waals surface area contributed by atoms with Crippen molar-refractivity contribution in [1.82, 2.24) is 4.98 Å². The molecule has 2 aromatic heterocycles. The zero-order valence-corrected chi connectivity index (χ0v) is 13.4. The standard InChI is InChI=1S/C15H9F5N2O3S/c16-11-5-14(12(17)4-10(11)15(18,19)20)22-26(23,24)9-3-13(21-6-9)8-1-2-25-7-8/h1-7,21-22H. The summed E-state index contributed by atoms with van der Waals surface area (Å²) >= 11 is 0. The van der Waals surface area contributed by atoms with E-state index >= 15 is 0 Å². The van der Waals surface area contributed by atoms with Crippen LogP contribution < -0.4 is 4.72 Å². The predicted molar refractivity (Wildman–Crippen MR) is 80.7 cm³/mol. The third-order valence-electron chi connectivity index (χ3n) is 3.41. The van der Waals surface area contributed by atoms with Gasteiger partial charge in [0.2, 0.25) is 0 Å². The van der Waals surface area contributed by atoms with E-state index in [-0.39, 0.29) is 17.0 Å². The zero-order chi connectivity index (χ0) is 19.1. The summed E-state index contributed by atoms with van der Waals surface area (Å²) in [4.78, 5) is 2.33. The lowest BCUT2D eigenvalue weighted by atomic mass is 10.2. The van der Waals surface area contributed by atoms with E-state index in [1.807, 2.05) is 0 Å². The van der Waals surface area contributed by atoms with Gasteiger partial charge in [0.1, 0.15) is 16.5 Å². The van der Waals surface area contributed by atoms with Gasteiger partial charge in [-0.15, -0.1) is 0 Å². The van der Waals surface area contributed by atoms with Crippen LogP contribution in [0.4, 0.5) is 27.6 Å².